The van der Waals surface area contributed by atoms with Gasteiger partial charge in [-0.25, -0.2) is 8.78 Å². The van der Waals surface area contributed by atoms with Crippen molar-refractivity contribution in [2.45, 2.75) is 4.90 Å². The van der Waals surface area contributed by atoms with Crippen LogP contribution in [0, 0.1) is 11.6 Å². The highest BCUT2D eigenvalue weighted by Crippen LogP contribution is 2.26. The maximum absolute atomic E-state index is 13.4. The van der Waals surface area contributed by atoms with Gasteiger partial charge in [0.1, 0.15) is 11.6 Å². The third kappa shape index (κ3) is 4.44. The third-order valence-electron chi connectivity index (χ3n) is 2.52. The first-order valence-corrected chi connectivity index (χ1v) is 7.66. The fraction of sp³-hybridized carbons (Fsp3) is 0.0714. The molecule has 3 N–H and O–H groups in total. The number of rotatable bonds is 4. The Hall–Kier alpha value is -1.60. The van der Waals surface area contributed by atoms with Gasteiger partial charge >= 0.3 is 0 Å². The van der Waals surface area contributed by atoms with Crippen molar-refractivity contribution in [2.24, 2.45) is 0 Å². The van der Waals surface area contributed by atoms with Gasteiger partial charge in [-0.3, -0.25) is 4.79 Å². The molecule has 0 unspecified atom stereocenters. The van der Waals surface area contributed by atoms with E-state index in [1.165, 1.54) is 0 Å². The number of nitrogens with one attached hydrogen (secondary N) is 1. The molecule has 21 heavy (non-hydrogen) atoms. The average Bonchev–Trinajstić information content (AvgIpc) is 2.43. The summed E-state index contributed by atoms with van der Waals surface area (Å²) in [5.74, 6) is -1.45. The Balaban J connectivity index is 1.97. The highest BCUT2D eigenvalue weighted by Gasteiger charge is 2.10. The fourth-order valence-corrected chi connectivity index (χ4v) is 2.81. The van der Waals surface area contributed by atoms with Crippen LogP contribution in [0.1, 0.15) is 0 Å². The number of carbonyl (C=O) groups is 1. The van der Waals surface area contributed by atoms with Gasteiger partial charge in [-0.2, -0.15) is 0 Å². The first kappa shape index (κ1) is 15.8. The summed E-state index contributed by atoms with van der Waals surface area (Å²) in [6.07, 6.45) is 0. The van der Waals surface area contributed by atoms with Crippen LogP contribution < -0.4 is 11.1 Å². The van der Waals surface area contributed by atoms with Crippen molar-refractivity contribution in [2.75, 3.05) is 16.8 Å². The first-order valence-electron chi connectivity index (χ1n) is 5.88. The predicted molar refractivity (Wildman–Crippen MR) is 84.3 cm³/mol. The Morgan fingerprint density at radius 3 is 2.71 bits per heavy atom. The van der Waals surface area contributed by atoms with E-state index in [2.05, 4.69) is 21.2 Å². The first-order chi connectivity index (χ1) is 9.95. The summed E-state index contributed by atoms with van der Waals surface area (Å²) < 4.78 is 27.1. The molecule has 110 valence electrons. The molecule has 0 spiro atoms. The van der Waals surface area contributed by atoms with Gasteiger partial charge in [0.05, 0.1) is 11.4 Å². The fourth-order valence-electron chi connectivity index (χ4n) is 1.55. The Kier molecular flexibility index (Phi) is 5.19. The molecule has 0 saturated carbocycles. The molecule has 0 saturated heterocycles. The van der Waals surface area contributed by atoms with Crippen LogP contribution >= 0.6 is 27.7 Å². The molecule has 0 aliphatic carbocycles. The maximum atomic E-state index is 13.4. The third-order valence-corrected chi connectivity index (χ3v) is 4.21. The van der Waals surface area contributed by atoms with Gasteiger partial charge in [0, 0.05) is 15.1 Å². The molecule has 0 aliphatic rings. The SMILES string of the molecule is Nc1ccc(NC(=O)CSc2cc(F)ccc2F)c(Br)c1. The molecule has 3 nitrogen and oxygen atoms in total. The zero-order chi connectivity index (χ0) is 15.4. The van der Waals surface area contributed by atoms with E-state index in [9.17, 15) is 13.6 Å². The van der Waals surface area contributed by atoms with E-state index in [0.717, 1.165) is 30.0 Å². The molecule has 2 aromatic rings. The summed E-state index contributed by atoms with van der Waals surface area (Å²) in [5.41, 5.74) is 6.73. The quantitative estimate of drug-likeness (QED) is 0.628. The standard InChI is InChI=1S/C14H11BrF2N2OS/c15-10-6-9(18)2-4-12(10)19-14(20)7-21-13-5-8(16)1-3-11(13)17/h1-6H,7,18H2,(H,19,20). The second-order valence-electron chi connectivity index (χ2n) is 4.15. The summed E-state index contributed by atoms with van der Waals surface area (Å²) in [4.78, 5) is 11.9. The van der Waals surface area contributed by atoms with Crippen molar-refractivity contribution < 1.29 is 13.6 Å². The maximum Gasteiger partial charge on any atom is 0.234 e. The lowest BCUT2D eigenvalue weighted by atomic mass is 10.3. The van der Waals surface area contributed by atoms with Crippen molar-refractivity contribution in [1.82, 2.24) is 0 Å². The smallest absolute Gasteiger partial charge is 0.234 e. The lowest BCUT2D eigenvalue weighted by Crippen LogP contribution is -2.14. The minimum atomic E-state index is -0.553. The van der Waals surface area contributed by atoms with Gasteiger partial charge in [0.25, 0.3) is 0 Å². The minimum Gasteiger partial charge on any atom is -0.399 e. The molecule has 0 radical (unpaired) electrons. The average molecular weight is 373 g/mol. The van der Waals surface area contributed by atoms with E-state index in [1.54, 1.807) is 18.2 Å². The van der Waals surface area contributed by atoms with Gasteiger partial charge in [0.15, 0.2) is 0 Å². The Morgan fingerprint density at radius 2 is 2.00 bits per heavy atom. The second-order valence-corrected chi connectivity index (χ2v) is 6.02. The summed E-state index contributed by atoms with van der Waals surface area (Å²) in [6.45, 7) is 0. The number of nitrogens with two attached hydrogens (primary N) is 1. The van der Waals surface area contributed by atoms with Crippen molar-refractivity contribution in [3.8, 4) is 0 Å². The predicted octanol–water partition coefficient (Wildman–Crippen LogP) is 4.04. The molecule has 0 fully saturated rings. The number of anilines is 2. The van der Waals surface area contributed by atoms with Crippen molar-refractivity contribution in [3.05, 3.63) is 52.5 Å². The molecule has 0 aliphatic heterocycles. The monoisotopic (exact) mass is 372 g/mol. The van der Waals surface area contributed by atoms with Crippen molar-refractivity contribution in [3.63, 3.8) is 0 Å². The highest BCUT2D eigenvalue weighted by atomic mass is 79.9. The van der Waals surface area contributed by atoms with E-state index in [0.29, 0.717) is 15.8 Å². The van der Waals surface area contributed by atoms with Crippen LogP contribution in [0.25, 0.3) is 0 Å². The zero-order valence-corrected chi connectivity index (χ0v) is 13.1. The zero-order valence-electron chi connectivity index (χ0n) is 10.7. The van der Waals surface area contributed by atoms with E-state index < -0.39 is 11.6 Å². The van der Waals surface area contributed by atoms with Gasteiger partial charge in [-0.1, -0.05) is 0 Å². The molecule has 7 heteroatoms. The van der Waals surface area contributed by atoms with Gasteiger partial charge in [0.2, 0.25) is 5.91 Å². The van der Waals surface area contributed by atoms with E-state index in [-0.39, 0.29) is 16.6 Å². The molecule has 2 aromatic carbocycles. The number of thioether (sulfide) groups is 1. The van der Waals surface area contributed by atoms with Crippen LogP contribution in [0.2, 0.25) is 0 Å². The largest absolute Gasteiger partial charge is 0.399 e. The normalized spacial score (nSPS) is 10.4. The number of nitrogen functional groups attached to an aromatic ring is 1. The lowest BCUT2D eigenvalue weighted by molar-refractivity contribution is -0.113. The number of hydrogen-bond acceptors (Lipinski definition) is 3. The van der Waals surface area contributed by atoms with E-state index in [4.69, 9.17) is 5.73 Å². The molecular weight excluding hydrogens is 362 g/mol. The molecule has 0 aromatic heterocycles. The number of amides is 1. The van der Waals surface area contributed by atoms with Gasteiger partial charge < -0.3 is 11.1 Å². The van der Waals surface area contributed by atoms with Crippen molar-refractivity contribution in [1.29, 1.82) is 0 Å². The summed E-state index contributed by atoms with van der Waals surface area (Å²) in [6, 6.07) is 8.10. The van der Waals surface area contributed by atoms with Crippen LogP contribution in [0.5, 0.6) is 0 Å². The Labute approximate surface area is 133 Å². The van der Waals surface area contributed by atoms with Crippen LogP contribution in [-0.2, 0) is 4.79 Å². The molecule has 0 bridgehead atoms. The van der Waals surface area contributed by atoms with Crippen LogP contribution in [0.4, 0.5) is 20.2 Å². The Morgan fingerprint density at radius 1 is 1.24 bits per heavy atom. The lowest BCUT2D eigenvalue weighted by Gasteiger charge is -2.08. The number of halogens is 3. The second kappa shape index (κ2) is 6.91. The molecule has 1 amide bonds. The molecular formula is C14H11BrF2N2OS. The number of carbonyl (C=O) groups excluding carboxylic acids is 1. The van der Waals surface area contributed by atoms with Gasteiger partial charge in [-0.15, -0.1) is 11.8 Å². The van der Waals surface area contributed by atoms with Gasteiger partial charge in [-0.05, 0) is 52.3 Å². The summed E-state index contributed by atoms with van der Waals surface area (Å²) >= 11 is 4.21. The minimum absolute atomic E-state index is 0.0306. The van der Waals surface area contributed by atoms with E-state index >= 15 is 0 Å². The summed E-state index contributed by atoms with van der Waals surface area (Å²) in [5, 5.41) is 2.66. The van der Waals surface area contributed by atoms with Crippen LogP contribution in [0.3, 0.4) is 0 Å². The topological polar surface area (TPSA) is 55.1 Å². The van der Waals surface area contributed by atoms with Crippen LogP contribution in [-0.4, -0.2) is 11.7 Å². The van der Waals surface area contributed by atoms with Crippen molar-refractivity contribution >= 4 is 45.0 Å². The van der Waals surface area contributed by atoms with E-state index in [1.807, 2.05) is 0 Å². The summed E-state index contributed by atoms with van der Waals surface area (Å²) in [7, 11) is 0. The number of benzene rings is 2. The molecule has 2 rings (SSSR count). The van der Waals surface area contributed by atoms with Crippen LogP contribution in [0.15, 0.2) is 45.8 Å². The molecule has 0 heterocycles. The molecule has 0 atom stereocenters. The highest BCUT2D eigenvalue weighted by molar-refractivity contribution is 9.10. The Bertz CT molecular complexity index is 682. The number of hydrogen-bond donors (Lipinski definition) is 2.